The van der Waals surface area contributed by atoms with Gasteiger partial charge in [-0.1, -0.05) is 6.58 Å². The second-order valence-corrected chi connectivity index (χ2v) is 7.50. The molecule has 0 bridgehead atoms. The Morgan fingerprint density at radius 3 is 2.70 bits per heavy atom. The van der Waals surface area contributed by atoms with E-state index in [-0.39, 0.29) is 5.82 Å². The topological polar surface area (TPSA) is 57.2 Å². The van der Waals surface area contributed by atoms with E-state index in [1.807, 2.05) is 25.4 Å². The fourth-order valence-electron chi connectivity index (χ4n) is 3.57. The molecule has 1 N–H and O–H groups in total. The number of hydrogen-bond acceptors (Lipinski definition) is 6. The molecule has 0 radical (unpaired) electrons. The van der Waals surface area contributed by atoms with Crippen molar-refractivity contribution in [3.05, 3.63) is 72.7 Å². The molecule has 4 rings (SSSR count). The number of halogens is 1. The molecule has 30 heavy (non-hydrogen) atoms. The summed E-state index contributed by atoms with van der Waals surface area (Å²) in [7, 11) is 2.08. The van der Waals surface area contributed by atoms with Crippen LogP contribution in [0.25, 0.3) is 11.3 Å². The van der Waals surface area contributed by atoms with Gasteiger partial charge in [-0.15, -0.1) is 0 Å². The minimum atomic E-state index is -0.373. The van der Waals surface area contributed by atoms with Gasteiger partial charge in [0.15, 0.2) is 5.82 Å². The Labute approximate surface area is 176 Å². The third-order valence-electron chi connectivity index (χ3n) is 5.14. The van der Waals surface area contributed by atoms with Crippen LogP contribution in [0.2, 0.25) is 0 Å². The quantitative estimate of drug-likeness (QED) is 0.686. The van der Waals surface area contributed by atoms with Crippen LogP contribution in [0.15, 0.2) is 61.3 Å². The Hall–Kier alpha value is -3.48. The molecule has 6 nitrogen and oxygen atoms in total. The summed E-state index contributed by atoms with van der Waals surface area (Å²) in [6, 6.07) is 9.18. The van der Waals surface area contributed by atoms with Gasteiger partial charge in [-0.2, -0.15) is 0 Å². The lowest BCUT2D eigenvalue weighted by molar-refractivity contribution is 0.621. The molecule has 0 spiro atoms. The molecule has 3 aromatic rings. The largest absolute Gasteiger partial charge is 0.372 e. The summed E-state index contributed by atoms with van der Waals surface area (Å²) in [6.07, 6.45) is 6.91. The van der Waals surface area contributed by atoms with Crippen LogP contribution in [0.3, 0.4) is 0 Å². The van der Waals surface area contributed by atoms with Crippen LogP contribution >= 0.6 is 0 Å². The first kappa shape index (κ1) is 19.8. The maximum atomic E-state index is 13.2. The summed E-state index contributed by atoms with van der Waals surface area (Å²) in [5.41, 5.74) is 3.95. The first-order chi connectivity index (χ1) is 14.5. The van der Waals surface area contributed by atoms with E-state index in [0.29, 0.717) is 11.6 Å². The summed E-state index contributed by atoms with van der Waals surface area (Å²) in [6.45, 7) is 7.98. The number of aromatic nitrogens is 3. The van der Waals surface area contributed by atoms with Crippen molar-refractivity contribution < 1.29 is 4.39 Å². The molecule has 3 aromatic heterocycles. The predicted molar refractivity (Wildman–Crippen MR) is 119 cm³/mol. The minimum absolute atomic E-state index is 0.373. The highest BCUT2D eigenvalue weighted by Crippen LogP contribution is 2.34. The molecule has 1 aliphatic heterocycles. The first-order valence-corrected chi connectivity index (χ1v) is 10.0. The smallest absolute Gasteiger partial charge is 0.158 e. The number of anilines is 3. The van der Waals surface area contributed by atoms with Crippen LogP contribution in [0.1, 0.15) is 18.4 Å². The number of nitrogens with one attached hydrogen (secondary N) is 1. The van der Waals surface area contributed by atoms with Crippen LogP contribution in [0.5, 0.6) is 0 Å². The van der Waals surface area contributed by atoms with Gasteiger partial charge in [0, 0.05) is 38.1 Å². The molecule has 0 aliphatic carbocycles. The Kier molecular flexibility index (Phi) is 5.61. The van der Waals surface area contributed by atoms with Crippen LogP contribution in [-0.4, -0.2) is 35.1 Å². The average Bonchev–Trinajstić information content (AvgIpc) is 2.73. The Morgan fingerprint density at radius 2 is 1.93 bits per heavy atom. The fraction of sp³-hybridized carbons (Fsp3) is 0.261. The molecular formula is C23H25FN6. The Morgan fingerprint density at radius 1 is 1.10 bits per heavy atom. The number of aryl methyl sites for hydroxylation is 1. The predicted octanol–water partition coefficient (Wildman–Crippen LogP) is 4.61. The summed E-state index contributed by atoms with van der Waals surface area (Å²) >= 11 is 0. The van der Waals surface area contributed by atoms with Gasteiger partial charge in [-0.25, -0.2) is 14.4 Å². The van der Waals surface area contributed by atoms with Gasteiger partial charge in [0.05, 0.1) is 17.6 Å². The van der Waals surface area contributed by atoms with E-state index in [2.05, 4.69) is 50.8 Å². The second-order valence-electron chi connectivity index (χ2n) is 7.50. The molecule has 0 aromatic carbocycles. The van der Waals surface area contributed by atoms with Crippen molar-refractivity contribution in [2.24, 2.45) is 0 Å². The number of nitrogens with zero attached hydrogens (tertiary/aromatic N) is 5. The summed E-state index contributed by atoms with van der Waals surface area (Å²) in [4.78, 5) is 17.7. The highest BCUT2D eigenvalue weighted by molar-refractivity contribution is 5.74. The molecule has 0 atom stereocenters. The zero-order chi connectivity index (χ0) is 21.1. The van der Waals surface area contributed by atoms with E-state index in [9.17, 15) is 4.39 Å². The standard InChI is InChI=1S/C23H25FN6/c1-16-12-18(14-25-13-16)20-7-8-21-23(28-20)30(11-5-4-10-29(21)3)17(2)27-22-9-6-19(24)15-26-22/h6-9,12-15H,2,4-5,10-11H2,1,3H3,(H,26,27). The van der Waals surface area contributed by atoms with Crippen molar-refractivity contribution in [1.29, 1.82) is 0 Å². The SMILES string of the molecule is C=C(Nc1ccc(F)cn1)N1CCCCN(C)c2ccc(-c3cncc(C)c3)nc21. The maximum Gasteiger partial charge on any atom is 0.158 e. The molecule has 1 aliphatic rings. The van der Waals surface area contributed by atoms with Crippen LogP contribution < -0.4 is 15.1 Å². The third kappa shape index (κ3) is 4.25. The number of pyridine rings is 3. The van der Waals surface area contributed by atoms with Gasteiger partial charge < -0.3 is 15.1 Å². The molecule has 154 valence electrons. The summed E-state index contributed by atoms with van der Waals surface area (Å²) < 4.78 is 13.2. The Balaban J connectivity index is 1.72. The van der Waals surface area contributed by atoms with Crippen LogP contribution in [0, 0.1) is 12.7 Å². The molecule has 0 unspecified atom stereocenters. The van der Waals surface area contributed by atoms with Crippen molar-refractivity contribution in [1.82, 2.24) is 15.0 Å². The maximum absolute atomic E-state index is 13.2. The molecule has 0 saturated heterocycles. The van der Waals surface area contributed by atoms with E-state index in [0.717, 1.165) is 54.3 Å². The number of hydrogen-bond donors (Lipinski definition) is 1. The zero-order valence-electron chi connectivity index (χ0n) is 17.3. The van der Waals surface area contributed by atoms with Gasteiger partial charge in [0.2, 0.25) is 0 Å². The Bertz CT molecular complexity index is 1050. The molecule has 7 heteroatoms. The van der Waals surface area contributed by atoms with Gasteiger partial charge in [-0.3, -0.25) is 4.98 Å². The van der Waals surface area contributed by atoms with E-state index in [1.54, 1.807) is 6.07 Å². The first-order valence-electron chi connectivity index (χ1n) is 10.0. The molecule has 4 heterocycles. The lowest BCUT2D eigenvalue weighted by atomic mass is 10.1. The van der Waals surface area contributed by atoms with Crippen molar-refractivity contribution in [3.63, 3.8) is 0 Å². The van der Waals surface area contributed by atoms with Gasteiger partial charge in [-0.05, 0) is 55.7 Å². The summed E-state index contributed by atoms with van der Waals surface area (Å²) in [5, 5.41) is 3.19. The molecular weight excluding hydrogens is 379 g/mol. The molecule has 0 saturated carbocycles. The fourth-order valence-corrected chi connectivity index (χ4v) is 3.57. The summed E-state index contributed by atoms with van der Waals surface area (Å²) in [5.74, 6) is 1.65. The van der Waals surface area contributed by atoms with Gasteiger partial charge in [0.25, 0.3) is 0 Å². The van der Waals surface area contributed by atoms with E-state index in [4.69, 9.17) is 4.98 Å². The van der Waals surface area contributed by atoms with Crippen LogP contribution in [-0.2, 0) is 0 Å². The second kappa shape index (κ2) is 8.49. The minimum Gasteiger partial charge on any atom is -0.372 e. The van der Waals surface area contributed by atoms with E-state index in [1.165, 1.54) is 12.3 Å². The highest BCUT2D eigenvalue weighted by atomic mass is 19.1. The lowest BCUT2D eigenvalue weighted by Crippen LogP contribution is -2.33. The normalized spacial score (nSPS) is 14.0. The highest BCUT2D eigenvalue weighted by Gasteiger charge is 2.22. The zero-order valence-corrected chi connectivity index (χ0v) is 17.3. The van der Waals surface area contributed by atoms with Crippen molar-refractivity contribution in [3.8, 4) is 11.3 Å². The molecule has 0 fully saturated rings. The van der Waals surface area contributed by atoms with Gasteiger partial charge >= 0.3 is 0 Å². The van der Waals surface area contributed by atoms with Crippen molar-refractivity contribution in [2.75, 3.05) is 35.3 Å². The number of fused-ring (bicyclic) bond motifs is 1. The van der Waals surface area contributed by atoms with Crippen LogP contribution in [0.4, 0.5) is 21.7 Å². The number of rotatable bonds is 4. The van der Waals surface area contributed by atoms with E-state index < -0.39 is 0 Å². The van der Waals surface area contributed by atoms with Crippen molar-refractivity contribution >= 4 is 17.3 Å². The average molecular weight is 404 g/mol. The lowest BCUT2D eigenvalue weighted by Gasteiger charge is -2.33. The van der Waals surface area contributed by atoms with Gasteiger partial charge in [0.1, 0.15) is 17.5 Å². The molecule has 0 amide bonds. The third-order valence-corrected chi connectivity index (χ3v) is 5.14. The van der Waals surface area contributed by atoms with E-state index >= 15 is 0 Å². The monoisotopic (exact) mass is 404 g/mol. The van der Waals surface area contributed by atoms with Crippen molar-refractivity contribution in [2.45, 2.75) is 19.8 Å².